The van der Waals surface area contributed by atoms with Gasteiger partial charge in [-0.05, 0) is 41.3 Å². The molecule has 0 saturated carbocycles. The van der Waals surface area contributed by atoms with Crippen molar-refractivity contribution in [2.75, 3.05) is 18.4 Å². The number of thiophene rings is 1. The Balaban J connectivity index is 1.53. The third-order valence-electron chi connectivity index (χ3n) is 3.69. The molecule has 1 aliphatic rings. The molecule has 2 aromatic heterocycles. The van der Waals surface area contributed by atoms with Crippen LogP contribution in [-0.4, -0.2) is 33.9 Å². The fraction of sp³-hybridized carbons (Fsp3) is 0.400. The van der Waals surface area contributed by atoms with Gasteiger partial charge in [-0.3, -0.25) is 4.79 Å². The van der Waals surface area contributed by atoms with Gasteiger partial charge in [0.1, 0.15) is 0 Å². The lowest BCUT2D eigenvalue weighted by Crippen LogP contribution is -2.31. The molecule has 1 atom stereocenters. The van der Waals surface area contributed by atoms with Crippen LogP contribution in [0.5, 0.6) is 0 Å². The molecule has 6 heteroatoms. The van der Waals surface area contributed by atoms with Crippen LogP contribution in [0.1, 0.15) is 30.9 Å². The summed E-state index contributed by atoms with van der Waals surface area (Å²) < 4.78 is 0. The first kappa shape index (κ1) is 14.0. The van der Waals surface area contributed by atoms with Crippen molar-refractivity contribution in [2.45, 2.75) is 25.3 Å². The average molecular weight is 302 g/mol. The molecule has 0 bridgehead atoms. The van der Waals surface area contributed by atoms with E-state index in [0.29, 0.717) is 18.9 Å². The summed E-state index contributed by atoms with van der Waals surface area (Å²) in [7, 11) is 0. The summed E-state index contributed by atoms with van der Waals surface area (Å²) in [4.78, 5) is 22.6. The van der Waals surface area contributed by atoms with E-state index in [1.165, 1.54) is 5.56 Å². The van der Waals surface area contributed by atoms with E-state index in [2.05, 4.69) is 32.1 Å². The monoisotopic (exact) mass is 302 g/mol. The zero-order chi connectivity index (χ0) is 14.5. The highest BCUT2D eigenvalue weighted by atomic mass is 32.1. The first-order valence-corrected chi connectivity index (χ1v) is 8.11. The summed E-state index contributed by atoms with van der Waals surface area (Å²) >= 11 is 1.69. The van der Waals surface area contributed by atoms with Gasteiger partial charge in [-0.1, -0.05) is 0 Å². The summed E-state index contributed by atoms with van der Waals surface area (Å²) in [6, 6.07) is 4.15. The summed E-state index contributed by atoms with van der Waals surface area (Å²) in [6.45, 7) is 1.43. The molecule has 1 saturated heterocycles. The maximum absolute atomic E-state index is 12.4. The van der Waals surface area contributed by atoms with Crippen molar-refractivity contribution in [1.29, 1.82) is 0 Å². The van der Waals surface area contributed by atoms with E-state index in [1.807, 2.05) is 4.90 Å². The number of hydrogen-bond acceptors (Lipinski definition) is 5. The first-order valence-electron chi connectivity index (χ1n) is 7.17. The van der Waals surface area contributed by atoms with E-state index in [-0.39, 0.29) is 11.9 Å². The molecule has 1 amide bonds. The molecule has 3 heterocycles. The zero-order valence-corrected chi connectivity index (χ0v) is 12.6. The van der Waals surface area contributed by atoms with Crippen molar-refractivity contribution in [2.24, 2.45) is 0 Å². The van der Waals surface area contributed by atoms with Crippen LogP contribution in [0.2, 0.25) is 0 Å². The van der Waals surface area contributed by atoms with Crippen molar-refractivity contribution in [3.05, 3.63) is 40.8 Å². The van der Waals surface area contributed by atoms with Crippen molar-refractivity contribution < 1.29 is 4.79 Å². The van der Waals surface area contributed by atoms with E-state index < -0.39 is 0 Å². The van der Waals surface area contributed by atoms with E-state index in [1.54, 1.807) is 29.8 Å². The maximum atomic E-state index is 12.4. The second-order valence-electron chi connectivity index (χ2n) is 5.05. The molecule has 3 rings (SSSR count). The fourth-order valence-electron chi connectivity index (χ4n) is 2.69. The molecule has 0 unspecified atom stereocenters. The van der Waals surface area contributed by atoms with Gasteiger partial charge in [0.2, 0.25) is 11.9 Å². The second-order valence-corrected chi connectivity index (χ2v) is 5.83. The Hall–Kier alpha value is -1.95. The smallest absolute Gasteiger partial charge is 0.224 e. The summed E-state index contributed by atoms with van der Waals surface area (Å²) in [5.74, 6) is 0.772. The standard InChI is InChI=1S/C15H18N4OS/c20-14(4-8-18-15-16-6-2-7-17-15)19-9-1-3-13(19)12-5-10-21-11-12/h2,5-7,10-11,13H,1,3-4,8-9H2,(H,16,17,18)/t13-/m1/s1. The van der Waals surface area contributed by atoms with Crippen LogP contribution in [-0.2, 0) is 4.79 Å². The van der Waals surface area contributed by atoms with Crippen molar-refractivity contribution in [3.63, 3.8) is 0 Å². The van der Waals surface area contributed by atoms with Crippen LogP contribution in [0, 0.1) is 0 Å². The van der Waals surface area contributed by atoms with Crippen LogP contribution in [0.15, 0.2) is 35.3 Å². The van der Waals surface area contributed by atoms with E-state index in [4.69, 9.17) is 0 Å². The van der Waals surface area contributed by atoms with Gasteiger partial charge in [-0.15, -0.1) is 0 Å². The minimum absolute atomic E-state index is 0.201. The molecule has 5 nitrogen and oxygen atoms in total. The summed E-state index contributed by atoms with van der Waals surface area (Å²) in [5.41, 5.74) is 1.27. The molecule has 2 aromatic rings. The van der Waals surface area contributed by atoms with Gasteiger partial charge in [-0.2, -0.15) is 11.3 Å². The Bertz CT molecular complexity index is 573. The van der Waals surface area contributed by atoms with E-state index >= 15 is 0 Å². The van der Waals surface area contributed by atoms with E-state index in [9.17, 15) is 4.79 Å². The molecule has 110 valence electrons. The predicted molar refractivity (Wildman–Crippen MR) is 83.1 cm³/mol. The minimum atomic E-state index is 0.201. The third kappa shape index (κ3) is 3.39. The Kier molecular flexibility index (Phi) is 4.45. The van der Waals surface area contributed by atoms with Crippen molar-refractivity contribution >= 4 is 23.2 Å². The highest BCUT2D eigenvalue weighted by Crippen LogP contribution is 2.33. The molecule has 1 aliphatic heterocycles. The number of nitrogens with one attached hydrogen (secondary N) is 1. The molecular formula is C15H18N4OS. The highest BCUT2D eigenvalue weighted by molar-refractivity contribution is 7.07. The molecule has 0 aromatic carbocycles. The van der Waals surface area contributed by atoms with Gasteiger partial charge >= 0.3 is 0 Å². The second kappa shape index (κ2) is 6.67. The Morgan fingerprint density at radius 1 is 1.43 bits per heavy atom. The SMILES string of the molecule is O=C(CCNc1ncccn1)N1CCC[C@@H]1c1ccsc1. The Labute approximate surface area is 128 Å². The lowest BCUT2D eigenvalue weighted by molar-refractivity contribution is -0.131. The summed E-state index contributed by atoms with van der Waals surface area (Å²) in [5, 5.41) is 7.30. The Morgan fingerprint density at radius 3 is 3.05 bits per heavy atom. The fourth-order valence-corrected chi connectivity index (χ4v) is 3.40. The van der Waals surface area contributed by atoms with Gasteiger partial charge in [0, 0.05) is 31.9 Å². The minimum Gasteiger partial charge on any atom is -0.354 e. The molecule has 0 radical (unpaired) electrons. The Morgan fingerprint density at radius 2 is 2.29 bits per heavy atom. The van der Waals surface area contributed by atoms with Crippen LogP contribution < -0.4 is 5.32 Å². The molecule has 21 heavy (non-hydrogen) atoms. The van der Waals surface area contributed by atoms with Gasteiger partial charge in [-0.25, -0.2) is 9.97 Å². The number of rotatable bonds is 5. The number of nitrogens with zero attached hydrogens (tertiary/aromatic N) is 3. The third-order valence-corrected chi connectivity index (χ3v) is 4.39. The van der Waals surface area contributed by atoms with Crippen LogP contribution in [0.25, 0.3) is 0 Å². The highest BCUT2D eigenvalue weighted by Gasteiger charge is 2.29. The molecule has 1 N–H and O–H groups in total. The topological polar surface area (TPSA) is 58.1 Å². The zero-order valence-electron chi connectivity index (χ0n) is 11.7. The van der Waals surface area contributed by atoms with Crippen LogP contribution >= 0.6 is 11.3 Å². The number of hydrogen-bond donors (Lipinski definition) is 1. The number of likely N-dealkylation sites (tertiary alicyclic amines) is 1. The van der Waals surface area contributed by atoms with Crippen molar-refractivity contribution in [3.8, 4) is 0 Å². The van der Waals surface area contributed by atoms with Crippen LogP contribution in [0.4, 0.5) is 5.95 Å². The quantitative estimate of drug-likeness (QED) is 0.922. The largest absolute Gasteiger partial charge is 0.354 e. The maximum Gasteiger partial charge on any atom is 0.224 e. The van der Waals surface area contributed by atoms with E-state index in [0.717, 1.165) is 19.4 Å². The molecule has 0 spiro atoms. The first-order chi connectivity index (χ1) is 10.3. The predicted octanol–water partition coefficient (Wildman–Crippen LogP) is 2.70. The number of amides is 1. The summed E-state index contributed by atoms with van der Waals surface area (Å²) in [6.07, 6.45) is 5.99. The number of aromatic nitrogens is 2. The van der Waals surface area contributed by atoms with Gasteiger partial charge in [0.15, 0.2) is 0 Å². The van der Waals surface area contributed by atoms with Gasteiger partial charge in [0.05, 0.1) is 6.04 Å². The van der Waals surface area contributed by atoms with Crippen LogP contribution in [0.3, 0.4) is 0 Å². The van der Waals surface area contributed by atoms with Crippen molar-refractivity contribution in [1.82, 2.24) is 14.9 Å². The normalized spacial score (nSPS) is 17.9. The number of carbonyl (C=O) groups is 1. The molecule has 1 fully saturated rings. The molecule has 0 aliphatic carbocycles. The lowest BCUT2D eigenvalue weighted by Gasteiger charge is -2.24. The number of carbonyl (C=O) groups excluding carboxylic acids is 1. The average Bonchev–Trinajstić information content (AvgIpc) is 3.19. The van der Waals surface area contributed by atoms with Gasteiger partial charge in [0.25, 0.3) is 0 Å². The lowest BCUT2D eigenvalue weighted by atomic mass is 10.1. The molecular weight excluding hydrogens is 284 g/mol. The number of anilines is 1. The van der Waals surface area contributed by atoms with Gasteiger partial charge < -0.3 is 10.2 Å².